The Morgan fingerprint density at radius 1 is 1.08 bits per heavy atom. The summed E-state index contributed by atoms with van der Waals surface area (Å²) in [5, 5.41) is 6.20. The molecular formula is C18H19ClN2O3. The first-order chi connectivity index (χ1) is 11.4. The molecule has 2 aromatic carbocycles. The van der Waals surface area contributed by atoms with Gasteiger partial charge >= 0.3 is 6.03 Å². The Kier molecular flexibility index (Phi) is 4.28. The topological polar surface area (TPSA) is 59.6 Å². The minimum absolute atomic E-state index is 0.0622. The highest BCUT2D eigenvalue weighted by molar-refractivity contribution is 6.30. The number of ether oxygens (including phenoxy) is 2. The van der Waals surface area contributed by atoms with Gasteiger partial charge in [0.05, 0.1) is 0 Å². The lowest BCUT2D eigenvalue weighted by molar-refractivity contribution is -0.0680. The molecule has 0 radical (unpaired) electrons. The molecule has 3 rings (SSSR count). The maximum absolute atomic E-state index is 11.8. The second-order valence-electron chi connectivity index (χ2n) is 6.07. The fraction of sp³-hybridized carbons (Fsp3) is 0.278. The molecule has 0 aliphatic carbocycles. The smallest absolute Gasteiger partial charge is 0.319 e. The van der Waals surface area contributed by atoms with Crippen molar-refractivity contribution in [2.45, 2.75) is 32.6 Å². The van der Waals surface area contributed by atoms with Crippen LogP contribution in [0.1, 0.15) is 26.3 Å². The van der Waals surface area contributed by atoms with Gasteiger partial charge in [-0.3, -0.25) is 0 Å². The molecule has 2 N–H and O–H groups in total. The number of carbonyl (C=O) groups excluding carboxylic acids is 1. The zero-order valence-corrected chi connectivity index (χ0v) is 14.5. The van der Waals surface area contributed by atoms with Crippen LogP contribution >= 0.6 is 11.6 Å². The summed E-state index contributed by atoms with van der Waals surface area (Å²) in [7, 11) is 0. The summed E-state index contributed by atoms with van der Waals surface area (Å²) in [6.45, 7) is 5.64. The molecule has 1 atom stereocenters. The number of hydrogen-bond acceptors (Lipinski definition) is 3. The van der Waals surface area contributed by atoms with Crippen molar-refractivity contribution in [3.63, 3.8) is 0 Å². The highest BCUT2D eigenvalue weighted by Crippen LogP contribution is 2.45. The quantitative estimate of drug-likeness (QED) is 0.859. The van der Waals surface area contributed by atoms with Crippen LogP contribution in [-0.2, 0) is 5.79 Å². The van der Waals surface area contributed by atoms with Gasteiger partial charge in [0.2, 0.25) is 0 Å². The van der Waals surface area contributed by atoms with E-state index in [1.165, 1.54) is 0 Å². The van der Waals surface area contributed by atoms with Crippen molar-refractivity contribution in [3.05, 3.63) is 53.1 Å². The number of urea groups is 1. The summed E-state index contributed by atoms with van der Waals surface area (Å²) < 4.78 is 11.9. The standard InChI is InChI=1S/C18H19ClN2O3/c1-11(2)20-17(22)21-14-8-9-15-16(10-14)24-18(3,23-15)12-4-6-13(19)7-5-12/h4-11H,1-3H3,(H2,20,21,22). The van der Waals surface area contributed by atoms with Crippen LogP contribution < -0.4 is 20.1 Å². The van der Waals surface area contributed by atoms with Gasteiger partial charge in [0.1, 0.15) is 0 Å². The molecule has 0 saturated carbocycles. The Balaban J connectivity index is 1.77. The Bertz CT molecular complexity index is 761. The van der Waals surface area contributed by atoms with Gasteiger partial charge in [-0.2, -0.15) is 0 Å². The van der Waals surface area contributed by atoms with Crippen LogP contribution in [-0.4, -0.2) is 12.1 Å². The van der Waals surface area contributed by atoms with E-state index in [-0.39, 0.29) is 12.1 Å². The van der Waals surface area contributed by atoms with Crippen LogP contribution in [0.4, 0.5) is 10.5 Å². The largest absolute Gasteiger partial charge is 0.445 e. The maximum atomic E-state index is 11.8. The zero-order valence-electron chi connectivity index (χ0n) is 13.7. The van der Waals surface area contributed by atoms with Gasteiger partial charge in [-0.1, -0.05) is 11.6 Å². The Morgan fingerprint density at radius 2 is 1.75 bits per heavy atom. The van der Waals surface area contributed by atoms with E-state index in [1.54, 1.807) is 30.3 Å². The fourth-order valence-corrected chi connectivity index (χ4v) is 2.62. The van der Waals surface area contributed by atoms with Crippen molar-refractivity contribution in [3.8, 4) is 11.5 Å². The second kappa shape index (κ2) is 6.24. The third-order valence-corrected chi connectivity index (χ3v) is 3.85. The lowest BCUT2D eigenvalue weighted by Crippen LogP contribution is -2.34. The van der Waals surface area contributed by atoms with Crippen molar-refractivity contribution in [1.82, 2.24) is 5.32 Å². The Morgan fingerprint density at radius 3 is 2.42 bits per heavy atom. The molecule has 1 aliphatic heterocycles. The summed E-state index contributed by atoms with van der Waals surface area (Å²) in [5.74, 6) is 0.281. The maximum Gasteiger partial charge on any atom is 0.319 e. The molecule has 2 amide bonds. The molecule has 126 valence electrons. The normalized spacial score (nSPS) is 18.5. The minimum Gasteiger partial charge on any atom is -0.445 e. The number of anilines is 1. The molecule has 6 heteroatoms. The van der Waals surface area contributed by atoms with Crippen molar-refractivity contribution < 1.29 is 14.3 Å². The van der Waals surface area contributed by atoms with E-state index in [9.17, 15) is 4.79 Å². The van der Waals surface area contributed by atoms with Crippen molar-refractivity contribution in [2.75, 3.05) is 5.32 Å². The van der Waals surface area contributed by atoms with E-state index in [4.69, 9.17) is 21.1 Å². The van der Waals surface area contributed by atoms with E-state index in [0.717, 1.165) is 5.56 Å². The molecule has 2 aromatic rings. The molecule has 0 spiro atoms. The van der Waals surface area contributed by atoms with Crippen molar-refractivity contribution in [2.24, 2.45) is 0 Å². The molecule has 0 aromatic heterocycles. The van der Waals surface area contributed by atoms with E-state index < -0.39 is 5.79 Å². The average Bonchev–Trinajstić information content (AvgIpc) is 2.83. The second-order valence-corrected chi connectivity index (χ2v) is 6.51. The summed E-state index contributed by atoms with van der Waals surface area (Å²) in [4.78, 5) is 11.8. The molecule has 5 nitrogen and oxygen atoms in total. The first-order valence-corrected chi connectivity index (χ1v) is 8.09. The molecule has 0 bridgehead atoms. The lowest BCUT2D eigenvalue weighted by Gasteiger charge is -2.23. The van der Waals surface area contributed by atoms with Gasteiger partial charge in [-0.05, 0) is 50.2 Å². The summed E-state index contributed by atoms with van der Waals surface area (Å²) >= 11 is 5.93. The summed E-state index contributed by atoms with van der Waals surface area (Å²) in [5.41, 5.74) is 1.49. The van der Waals surface area contributed by atoms with Gasteiger partial charge in [-0.25, -0.2) is 4.79 Å². The predicted molar refractivity (Wildman–Crippen MR) is 93.8 cm³/mol. The molecule has 1 aliphatic rings. The molecule has 0 fully saturated rings. The van der Waals surface area contributed by atoms with Crippen LogP contribution in [0, 0.1) is 0 Å². The zero-order chi connectivity index (χ0) is 17.3. The average molecular weight is 347 g/mol. The monoisotopic (exact) mass is 346 g/mol. The van der Waals surface area contributed by atoms with Gasteiger partial charge < -0.3 is 20.1 Å². The summed E-state index contributed by atoms with van der Waals surface area (Å²) in [6.07, 6.45) is 0. The highest BCUT2D eigenvalue weighted by atomic mass is 35.5. The highest BCUT2D eigenvalue weighted by Gasteiger charge is 2.38. The number of carbonyl (C=O) groups is 1. The minimum atomic E-state index is -0.925. The van der Waals surface area contributed by atoms with Crippen molar-refractivity contribution in [1.29, 1.82) is 0 Å². The van der Waals surface area contributed by atoms with Crippen LogP contribution in [0.15, 0.2) is 42.5 Å². The molecule has 0 saturated heterocycles. The third-order valence-electron chi connectivity index (χ3n) is 3.60. The van der Waals surface area contributed by atoms with Crippen LogP contribution in [0.5, 0.6) is 11.5 Å². The number of rotatable bonds is 3. The number of hydrogen-bond donors (Lipinski definition) is 2. The van der Waals surface area contributed by atoms with Crippen LogP contribution in [0.2, 0.25) is 5.02 Å². The lowest BCUT2D eigenvalue weighted by atomic mass is 10.1. The number of fused-ring (bicyclic) bond motifs is 1. The SMILES string of the molecule is CC(C)NC(=O)Nc1ccc2c(c1)OC(C)(c1ccc(Cl)cc1)O2. The van der Waals surface area contributed by atoms with E-state index in [1.807, 2.05) is 32.9 Å². The first kappa shape index (κ1) is 16.5. The van der Waals surface area contributed by atoms with Crippen LogP contribution in [0.25, 0.3) is 0 Å². The number of amides is 2. The molecular weight excluding hydrogens is 328 g/mol. The first-order valence-electron chi connectivity index (χ1n) is 7.71. The third kappa shape index (κ3) is 3.41. The molecule has 24 heavy (non-hydrogen) atoms. The van der Waals surface area contributed by atoms with E-state index in [2.05, 4.69) is 10.6 Å². The van der Waals surface area contributed by atoms with Crippen LogP contribution in [0.3, 0.4) is 0 Å². The number of benzene rings is 2. The molecule has 1 heterocycles. The Labute approximate surface area is 145 Å². The Hall–Kier alpha value is -2.40. The fourth-order valence-electron chi connectivity index (χ4n) is 2.49. The van der Waals surface area contributed by atoms with Gasteiger partial charge in [-0.15, -0.1) is 0 Å². The number of halogens is 1. The van der Waals surface area contributed by atoms with E-state index >= 15 is 0 Å². The predicted octanol–water partition coefficient (Wildman–Crippen LogP) is 4.51. The van der Waals surface area contributed by atoms with E-state index in [0.29, 0.717) is 22.2 Å². The summed E-state index contributed by atoms with van der Waals surface area (Å²) in [6, 6.07) is 12.4. The van der Waals surface area contributed by atoms with Gasteiger partial charge in [0.25, 0.3) is 5.79 Å². The molecule has 1 unspecified atom stereocenters. The van der Waals surface area contributed by atoms with Crippen molar-refractivity contribution >= 4 is 23.3 Å². The van der Waals surface area contributed by atoms with Gasteiger partial charge in [0, 0.05) is 35.3 Å². The number of nitrogens with one attached hydrogen (secondary N) is 2. The van der Waals surface area contributed by atoms with Gasteiger partial charge in [0.15, 0.2) is 11.5 Å².